The van der Waals surface area contributed by atoms with Gasteiger partial charge in [0, 0.05) is 26.9 Å². The number of hydrogen-bond donors (Lipinski definition) is 1. The van der Waals surface area contributed by atoms with Crippen LogP contribution in [-0.2, 0) is 14.4 Å². The van der Waals surface area contributed by atoms with Crippen LogP contribution in [0.5, 0.6) is 0 Å². The van der Waals surface area contributed by atoms with Gasteiger partial charge in [0.1, 0.15) is 13.1 Å². The third-order valence-electron chi connectivity index (χ3n) is 2.59. The number of carboxylic acids is 1. The van der Waals surface area contributed by atoms with E-state index >= 15 is 0 Å². The quantitative estimate of drug-likeness (QED) is 0.760. The second-order valence-corrected chi connectivity index (χ2v) is 5.06. The lowest BCUT2D eigenvalue weighted by Crippen LogP contribution is -2.45. The predicted octanol–water partition coefficient (Wildman–Crippen LogP) is 0.966. The number of carbonyl (C=O) groups excluding carboxylic acids is 2. The van der Waals surface area contributed by atoms with Gasteiger partial charge in [-0.3, -0.25) is 14.4 Å². The average molecular weight is 312 g/mol. The van der Waals surface area contributed by atoms with Gasteiger partial charge in [0.2, 0.25) is 11.8 Å². The summed E-state index contributed by atoms with van der Waals surface area (Å²) in [7, 11) is 2.73. The number of rotatable bonds is 7. The molecule has 21 heavy (non-hydrogen) atoms. The van der Waals surface area contributed by atoms with Gasteiger partial charge in [-0.15, -0.1) is 0 Å². The fourth-order valence-corrected chi connectivity index (χ4v) is 1.55. The molecule has 0 aliphatic carbocycles. The molecule has 1 N–H and O–H groups in total. The van der Waals surface area contributed by atoms with Crippen molar-refractivity contribution in [3.05, 3.63) is 0 Å². The van der Waals surface area contributed by atoms with Crippen LogP contribution in [0.4, 0.5) is 13.2 Å². The minimum Gasteiger partial charge on any atom is -0.481 e. The van der Waals surface area contributed by atoms with Gasteiger partial charge in [-0.25, -0.2) is 0 Å². The van der Waals surface area contributed by atoms with Crippen molar-refractivity contribution in [2.24, 2.45) is 5.92 Å². The lowest BCUT2D eigenvalue weighted by molar-refractivity contribution is -0.164. The summed E-state index contributed by atoms with van der Waals surface area (Å²) < 4.78 is 37.4. The van der Waals surface area contributed by atoms with Crippen molar-refractivity contribution in [1.29, 1.82) is 0 Å². The molecule has 0 aromatic carbocycles. The zero-order valence-electron chi connectivity index (χ0n) is 12.1. The van der Waals surface area contributed by atoms with Gasteiger partial charge in [-0.05, 0) is 5.92 Å². The van der Waals surface area contributed by atoms with Crippen LogP contribution in [0.25, 0.3) is 0 Å². The molecule has 0 aliphatic rings. The Kier molecular flexibility index (Phi) is 7.17. The average Bonchev–Trinajstić information content (AvgIpc) is 2.24. The van der Waals surface area contributed by atoms with Gasteiger partial charge in [-0.1, -0.05) is 6.92 Å². The first-order valence-corrected chi connectivity index (χ1v) is 6.19. The van der Waals surface area contributed by atoms with Crippen LogP contribution in [0.15, 0.2) is 0 Å². The van der Waals surface area contributed by atoms with E-state index in [1.807, 2.05) is 0 Å². The van der Waals surface area contributed by atoms with Gasteiger partial charge in [0.15, 0.2) is 0 Å². The van der Waals surface area contributed by atoms with E-state index in [0.29, 0.717) is 4.90 Å². The topological polar surface area (TPSA) is 77.9 Å². The zero-order valence-corrected chi connectivity index (χ0v) is 12.1. The van der Waals surface area contributed by atoms with Crippen molar-refractivity contribution in [2.75, 3.05) is 27.2 Å². The standard InChI is InChI=1S/C12H19F3N2O4/c1-8(5-11(20)21)4-9(18)17(7-12(13,14)15)6-10(19)16(2)3/h8H,4-7H2,1-3H3,(H,20,21). The van der Waals surface area contributed by atoms with Crippen LogP contribution in [0.1, 0.15) is 19.8 Å². The Morgan fingerprint density at radius 1 is 1.10 bits per heavy atom. The summed E-state index contributed by atoms with van der Waals surface area (Å²) in [5.74, 6) is -3.28. The Labute approximate surface area is 120 Å². The lowest BCUT2D eigenvalue weighted by Gasteiger charge is -2.25. The maximum atomic E-state index is 12.5. The Bertz CT molecular complexity index is 396. The van der Waals surface area contributed by atoms with Crippen LogP contribution in [0, 0.1) is 5.92 Å². The molecule has 9 heteroatoms. The smallest absolute Gasteiger partial charge is 0.406 e. The van der Waals surface area contributed by atoms with Crippen LogP contribution in [0.3, 0.4) is 0 Å². The fraction of sp³-hybridized carbons (Fsp3) is 0.750. The number of likely N-dealkylation sites (N-methyl/N-ethyl adjacent to an activating group) is 1. The highest BCUT2D eigenvalue weighted by Crippen LogP contribution is 2.18. The summed E-state index contributed by atoms with van der Waals surface area (Å²) in [6.07, 6.45) is -5.31. The highest BCUT2D eigenvalue weighted by Gasteiger charge is 2.34. The molecule has 0 radical (unpaired) electrons. The largest absolute Gasteiger partial charge is 0.481 e. The molecule has 0 saturated heterocycles. The molecule has 0 aliphatic heterocycles. The van der Waals surface area contributed by atoms with Gasteiger partial charge < -0.3 is 14.9 Å². The van der Waals surface area contributed by atoms with E-state index in [1.165, 1.54) is 21.0 Å². The van der Waals surface area contributed by atoms with E-state index in [4.69, 9.17) is 5.11 Å². The highest BCUT2D eigenvalue weighted by molar-refractivity contribution is 5.85. The van der Waals surface area contributed by atoms with Crippen molar-refractivity contribution in [1.82, 2.24) is 9.80 Å². The van der Waals surface area contributed by atoms with E-state index in [0.717, 1.165) is 4.90 Å². The molecule has 2 amide bonds. The van der Waals surface area contributed by atoms with Gasteiger partial charge in [0.25, 0.3) is 0 Å². The Morgan fingerprint density at radius 3 is 2.00 bits per heavy atom. The first-order valence-electron chi connectivity index (χ1n) is 6.19. The molecular weight excluding hydrogens is 293 g/mol. The Morgan fingerprint density at radius 2 is 1.62 bits per heavy atom. The van der Waals surface area contributed by atoms with Crippen LogP contribution >= 0.6 is 0 Å². The minimum atomic E-state index is -4.63. The maximum Gasteiger partial charge on any atom is 0.406 e. The van der Waals surface area contributed by atoms with E-state index in [2.05, 4.69) is 0 Å². The third-order valence-corrected chi connectivity index (χ3v) is 2.59. The molecule has 1 unspecified atom stereocenters. The minimum absolute atomic E-state index is 0.326. The van der Waals surface area contributed by atoms with Crippen LogP contribution < -0.4 is 0 Å². The SMILES string of the molecule is CC(CC(=O)O)CC(=O)N(CC(=O)N(C)C)CC(F)(F)F. The van der Waals surface area contributed by atoms with E-state index in [1.54, 1.807) is 0 Å². The molecule has 0 spiro atoms. The van der Waals surface area contributed by atoms with Crippen molar-refractivity contribution >= 4 is 17.8 Å². The molecule has 0 bridgehead atoms. The van der Waals surface area contributed by atoms with Crippen molar-refractivity contribution in [2.45, 2.75) is 25.9 Å². The summed E-state index contributed by atoms with van der Waals surface area (Å²) in [5.41, 5.74) is 0. The summed E-state index contributed by atoms with van der Waals surface area (Å²) >= 11 is 0. The first kappa shape index (κ1) is 19.2. The van der Waals surface area contributed by atoms with Crippen LogP contribution in [-0.4, -0.2) is 66.1 Å². The molecule has 6 nitrogen and oxygen atoms in total. The molecular formula is C12H19F3N2O4. The zero-order chi connectivity index (χ0) is 16.8. The number of nitrogens with zero attached hydrogens (tertiary/aromatic N) is 2. The second kappa shape index (κ2) is 7.84. The molecule has 0 saturated carbocycles. The number of halogens is 3. The number of hydrogen-bond acceptors (Lipinski definition) is 3. The molecule has 0 fully saturated rings. The monoisotopic (exact) mass is 312 g/mol. The number of aliphatic carboxylic acids is 1. The molecule has 0 rings (SSSR count). The summed E-state index contributed by atoms with van der Waals surface area (Å²) in [6, 6.07) is 0. The summed E-state index contributed by atoms with van der Waals surface area (Å²) in [5, 5.41) is 8.57. The fourth-order valence-electron chi connectivity index (χ4n) is 1.55. The van der Waals surface area contributed by atoms with Crippen molar-refractivity contribution in [3.8, 4) is 0 Å². The van der Waals surface area contributed by atoms with Gasteiger partial charge >= 0.3 is 12.1 Å². The Hall–Kier alpha value is -1.80. The normalized spacial score (nSPS) is 12.7. The highest BCUT2D eigenvalue weighted by atomic mass is 19.4. The summed E-state index contributed by atoms with van der Waals surface area (Å²) in [4.78, 5) is 35.3. The predicted molar refractivity (Wildman–Crippen MR) is 67.4 cm³/mol. The van der Waals surface area contributed by atoms with E-state index in [-0.39, 0.29) is 12.8 Å². The second-order valence-electron chi connectivity index (χ2n) is 5.06. The summed E-state index contributed by atoms with van der Waals surface area (Å²) in [6.45, 7) is -0.776. The maximum absolute atomic E-state index is 12.5. The van der Waals surface area contributed by atoms with Crippen LogP contribution in [0.2, 0.25) is 0 Å². The number of carboxylic acid groups (broad SMARTS) is 1. The van der Waals surface area contributed by atoms with Gasteiger partial charge in [-0.2, -0.15) is 13.2 Å². The van der Waals surface area contributed by atoms with Crippen molar-refractivity contribution < 1.29 is 32.7 Å². The Balaban J connectivity index is 4.82. The number of carbonyl (C=O) groups is 3. The first-order chi connectivity index (χ1) is 9.42. The number of alkyl halides is 3. The number of amides is 2. The molecule has 0 aromatic heterocycles. The molecule has 122 valence electrons. The third kappa shape index (κ3) is 8.87. The lowest BCUT2D eigenvalue weighted by atomic mass is 10.0. The molecule has 0 heterocycles. The molecule has 1 atom stereocenters. The molecule has 0 aromatic rings. The van der Waals surface area contributed by atoms with E-state index in [9.17, 15) is 27.6 Å². The van der Waals surface area contributed by atoms with Crippen molar-refractivity contribution in [3.63, 3.8) is 0 Å². The van der Waals surface area contributed by atoms with Gasteiger partial charge in [0.05, 0.1) is 0 Å². The van der Waals surface area contributed by atoms with E-state index < -0.39 is 43.0 Å².